The van der Waals surface area contributed by atoms with Crippen LogP contribution in [0.4, 0.5) is 4.39 Å². The molecule has 6 heteroatoms. The Morgan fingerprint density at radius 1 is 1.20 bits per heavy atom. The Kier molecular flexibility index (Phi) is 4.97. The maximum atomic E-state index is 13.5. The van der Waals surface area contributed by atoms with Crippen LogP contribution in [0, 0.1) is 5.82 Å². The largest absolute Gasteiger partial charge is 0.493 e. The van der Waals surface area contributed by atoms with Crippen molar-refractivity contribution in [1.82, 2.24) is 5.32 Å². The van der Waals surface area contributed by atoms with Crippen LogP contribution in [0.15, 0.2) is 42.5 Å². The highest BCUT2D eigenvalue weighted by molar-refractivity contribution is 5.87. The van der Waals surface area contributed by atoms with E-state index in [0.29, 0.717) is 30.8 Å². The number of nitrogens with one attached hydrogen (secondary N) is 1. The molecule has 3 rings (SSSR count). The molecule has 0 saturated heterocycles. The Labute approximate surface area is 144 Å². The number of hydrogen-bond acceptors (Lipinski definition) is 3. The summed E-state index contributed by atoms with van der Waals surface area (Å²) in [4.78, 5) is 23.0. The SMILES string of the molecule is O=C(CCc1ccc(C(=O)O)cc1)NC1CCOc2ccc(F)cc21. The third-order valence-electron chi connectivity index (χ3n) is 4.19. The van der Waals surface area contributed by atoms with E-state index in [1.807, 2.05) is 0 Å². The number of halogens is 1. The molecule has 25 heavy (non-hydrogen) atoms. The summed E-state index contributed by atoms with van der Waals surface area (Å²) in [6.45, 7) is 0.472. The van der Waals surface area contributed by atoms with Crippen molar-refractivity contribution in [2.45, 2.75) is 25.3 Å². The Morgan fingerprint density at radius 2 is 1.96 bits per heavy atom. The van der Waals surface area contributed by atoms with E-state index in [4.69, 9.17) is 9.84 Å². The predicted molar refractivity (Wildman–Crippen MR) is 89.1 cm³/mol. The predicted octanol–water partition coefficient (Wildman–Crippen LogP) is 3.10. The number of carbonyl (C=O) groups excluding carboxylic acids is 1. The summed E-state index contributed by atoms with van der Waals surface area (Å²) >= 11 is 0. The van der Waals surface area contributed by atoms with Crippen LogP contribution in [-0.4, -0.2) is 23.6 Å². The summed E-state index contributed by atoms with van der Waals surface area (Å²) in [6.07, 6.45) is 1.37. The zero-order valence-electron chi connectivity index (χ0n) is 13.5. The van der Waals surface area contributed by atoms with Crippen LogP contribution in [0.2, 0.25) is 0 Å². The number of fused-ring (bicyclic) bond motifs is 1. The van der Waals surface area contributed by atoms with Crippen LogP contribution in [0.25, 0.3) is 0 Å². The first-order chi connectivity index (χ1) is 12.0. The van der Waals surface area contributed by atoms with Gasteiger partial charge in [-0.25, -0.2) is 9.18 Å². The van der Waals surface area contributed by atoms with E-state index in [-0.39, 0.29) is 29.8 Å². The highest BCUT2D eigenvalue weighted by Crippen LogP contribution is 2.32. The Hall–Kier alpha value is -2.89. The molecule has 2 N–H and O–H groups in total. The van der Waals surface area contributed by atoms with E-state index in [1.165, 1.54) is 24.3 Å². The molecule has 0 radical (unpaired) electrons. The van der Waals surface area contributed by atoms with Crippen molar-refractivity contribution in [2.75, 3.05) is 6.61 Å². The summed E-state index contributed by atoms with van der Waals surface area (Å²) < 4.78 is 18.9. The summed E-state index contributed by atoms with van der Waals surface area (Å²) in [5.74, 6) is -0.872. The van der Waals surface area contributed by atoms with E-state index in [0.717, 1.165) is 5.56 Å². The van der Waals surface area contributed by atoms with Gasteiger partial charge in [-0.2, -0.15) is 0 Å². The van der Waals surface area contributed by atoms with E-state index in [1.54, 1.807) is 18.2 Å². The number of aromatic carboxylic acids is 1. The monoisotopic (exact) mass is 343 g/mol. The summed E-state index contributed by atoms with van der Waals surface area (Å²) in [7, 11) is 0. The lowest BCUT2D eigenvalue weighted by Crippen LogP contribution is -2.32. The van der Waals surface area contributed by atoms with Crippen molar-refractivity contribution >= 4 is 11.9 Å². The van der Waals surface area contributed by atoms with E-state index in [9.17, 15) is 14.0 Å². The van der Waals surface area contributed by atoms with Gasteiger partial charge in [0.05, 0.1) is 18.2 Å². The molecule has 0 aliphatic carbocycles. The first-order valence-corrected chi connectivity index (χ1v) is 8.07. The molecule has 1 unspecified atom stereocenters. The molecule has 1 amide bonds. The van der Waals surface area contributed by atoms with Crippen molar-refractivity contribution in [3.8, 4) is 5.75 Å². The van der Waals surface area contributed by atoms with Crippen molar-refractivity contribution in [3.05, 3.63) is 65.0 Å². The molecule has 1 aliphatic rings. The van der Waals surface area contributed by atoms with Gasteiger partial charge >= 0.3 is 5.97 Å². The third kappa shape index (κ3) is 4.15. The normalized spacial score (nSPS) is 15.8. The molecule has 0 fully saturated rings. The van der Waals surface area contributed by atoms with Crippen LogP contribution >= 0.6 is 0 Å². The van der Waals surface area contributed by atoms with Gasteiger partial charge in [0.1, 0.15) is 11.6 Å². The molecule has 2 aromatic carbocycles. The maximum absolute atomic E-state index is 13.5. The van der Waals surface area contributed by atoms with E-state index < -0.39 is 5.97 Å². The van der Waals surface area contributed by atoms with Gasteiger partial charge < -0.3 is 15.2 Å². The van der Waals surface area contributed by atoms with E-state index >= 15 is 0 Å². The molecular weight excluding hydrogens is 325 g/mol. The number of carboxylic acid groups (broad SMARTS) is 1. The third-order valence-corrected chi connectivity index (χ3v) is 4.19. The second-order valence-electron chi connectivity index (χ2n) is 5.94. The number of hydrogen-bond donors (Lipinski definition) is 2. The topological polar surface area (TPSA) is 75.6 Å². The minimum Gasteiger partial charge on any atom is -0.493 e. The molecule has 0 spiro atoms. The lowest BCUT2D eigenvalue weighted by atomic mass is 10.00. The van der Waals surface area contributed by atoms with Crippen molar-refractivity contribution < 1.29 is 23.8 Å². The molecule has 1 heterocycles. The number of amides is 1. The quantitative estimate of drug-likeness (QED) is 0.875. The highest BCUT2D eigenvalue weighted by atomic mass is 19.1. The summed E-state index contributed by atoms with van der Waals surface area (Å²) in [5.41, 5.74) is 1.76. The summed E-state index contributed by atoms with van der Waals surface area (Å²) in [6, 6.07) is 10.5. The maximum Gasteiger partial charge on any atom is 0.335 e. The van der Waals surface area contributed by atoms with Gasteiger partial charge in [0, 0.05) is 18.4 Å². The van der Waals surface area contributed by atoms with Gasteiger partial charge in [-0.1, -0.05) is 12.1 Å². The molecule has 130 valence electrons. The van der Waals surface area contributed by atoms with Crippen molar-refractivity contribution in [3.63, 3.8) is 0 Å². The number of ether oxygens (including phenoxy) is 1. The molecular formula is C19H18FNO4. The van der Waals surface area contributed by atoms with Crippen LogP contribution in [0.3, 0.4) is 0 Å². The molecule has 2 aromatic rings. The van der Waals surface area contributed by atoms with Crippen LogP contribution in [0.1, 0.15) is 40.4 Å². The first kappa shape index (κ1) is 17.0. The zero-order valence-corrected chi connectivity index (χ0v) is 13.5. The fourth-order valence-corrected chi connectivity index (χ4v) is 2.85. The van der Waals surface area contributed by atoms with Gasteiger partial charge in [0.2, 0.25) is 5.91 Å². The van der Waals surface area contributed by atoms with Crippen LogP contribution in [-0.2, 0) is 11.2 Å². The van der Waals surface area contributed by atoms with Crippen LogP contribution < -0.4 is 10.1 Å². The van der Waals surface area contributed by atoms with Crippen molar-refractivity contribution in [1.29, 1.82) is 0 Å². The lowest BCUT2D eigenvalue weighted by molar-refractivity contribution is -0.122. The Morgan fingerprint density at radius 3 is 2.68 bits per heavy atom. The van der Waals surface area contributed by atoms with Gasteiger partial charge in [-0.15, -0.1) is 0 Å². The Balaban J connectivity index is 1.58. The molecule has 0 aromatic heterocycles. The number of rotatable bonds is 5. The van der Waals surface area contributed by atoms with Crippen LogP contribution in [0.5, 0.6) is 5.75 Å². The Bertz CT molecular complexity index is 789. The average molecular weight is 343 g/mol. The zero-order chi connectivity index (χ0) is 17.8. The van der Waals surface area contributed by atoms with Gasteiger partial charge in [-0.05, 0) is 42.3 Å². The fraction of sp³-hybridized carbons (Fsp3) is 0.263. The molecule has 1 atom stereocenters. The number of aryl methyl sites for hydroxylation is 1. The highest BCUT2D eigenvalue weighted by Gasteiger charge is 2.23. The number of benzene rings is 2. The first-order valence-electron chi connectivity index (χ1n) is 8.07. The van der Waals surface area contributed by atoms with Crippen molar-refractivity contribution in [2.24, 2.45) is 0 Å². The van der Waals surface area contributed by atoms with Gasteiger partial charge in [-0.3, -0.25) is 4.79 Å². The average Bonchev–Trinajstić information content (AvgIpc) is 2.61. The molecule has 0 bridgehead atoms. The van der Waals surface area contributed by atoms with Gasteiger partial charge in [0.25, 0.3) is 0 Å². The molecule has 1 aliphatic heterocycles. The number of carbonyl (C=O) groups is 2. The standard InChI is InChI=1S/C19H18FNO4/c20-14-6-7-17-15(11-14)16(9-10-25-17)21-18(22)8-3-12-1-4-13(5-2-12)19(23)24/h1-2,4-7,11,16H,3,8-10H2,(H,21,22)(H,23,24). The minimum atomic E-state index is -0.977. The lowest BCUT2D eigenvalue weighted by Gasteiger charge is -2.26. The second-order valence-corrected chi connectivity index (χ2v) is 5.94. The smallest absolute Gasteiger partial charge is 0.335 e. The van der Waals surface area contributed by atoms with E-state index in [2.05, 4.69) is 5.32 Å². The number of carboxylic acids is 1. The van der Waals surface area contributed by atoms with Gasteiger partial charge in [0.15, 0.2) is 0 Å². The molecule has 0 saturated carbocycles. The fourth-order valence-electron chi connectivity index (χ4n) is 2.85. The minimum absolute atomic E-state index is 0.135. The summed E-state index contributed by atoms with van der Waals surface area (Å²) in [5, 5.41) is 11.8. The second kappa shape index (κ2) is 7.34. The molecule has 5 nitrogen and oxygen atoms in total.